The lowest BCUT2D eigenvalue weighted by molar-refractivity contribution is -0.119. The molecule has 1 unspecified atom stereocenters. The van der Waals surface area contributed by atoms with Crippen LogP contribution in [-0.4, -0.2) is 45.3 Å². The molecule has 0 aliphatic carbocycles. The summed E-state index contributed by atoms with van der Waals surface area (Å²) < 4.78 is 9.85. The van der Waals surface area contributed by atoms with Crippen molar-refractivity contribution in [1.29, 1.82) is 0 Å². The maximum atomic E-state index is 10.7. The molecule has 4 nitrogen and oxygen atoms in total. The number of rotatable bonds is 6. The summed E-state index contributed by atoms with van der Waals surface area (Å²) >= 11 is 5.27. The van der Waals surface area contributed by atoms with Crippen LogP contribution in [0.15, 0.2) is 0 Å². The fourth-order valence-corrected chi connectivity index (χ4v) is 0.766. The molecule has 0 aromatic heterocycles. The van der Waals surface area contributed by atoms with Gasteiger partial charge in [0.25, 0.3) is 0 Å². The molecular formula is C7H14ClNO3. The Kier molecular flexibility index (Phi) is 7.14. The monoisotopic (exact) mass is 195 g/mol. The summed E-state index contributed by atoms with van der Waals surface area (Å²) in [5.74, 6) is -0.224. The van der Waals surface area contributed by atoms with E-state index in [4.69, 9.17) is 21.1 Å². The maximum Gasteiger partial charge on any atom is 0.235 e. The Balaban J connectivity index is 3.50. The zero-order valence-electron chi connectivity index (χ0n) is 7.30. The van der Waals surface area contributed by atoms with Crippen LogP contribution >= 0.6 is 11.6 Å². The summed E-state index contributed by atoms with van der Waals surface area (Å²) in [6.07, 6.45) is -0.109. The van der Waals surface area contributed by atoms with Gasteiger partial charge in [-0.05, 0) is 0 Å². The highest BCUT2D eigenvalue weighted by molar-refractivity contribution is 6.27. The molecule has 1 atom stereocenters. The molecule has 0 aromatic carbocycles. The molecule has 0 rings (SSSR count). The fraction of sp³-hybridized carbons (Fsp3) is 0.857. The van der Waals surface area contributed by atoms with Gasteiger partial charge in [0.1, 0.15) is 5.88 Å². The van der Waals surface area contributed by atoms with Gasteiger partial charge in [-0.3, -0.25) is 4.79 Å². The van der Waals surface area contributed by atoms with Gasteiger partial charge < -0.3 is 14.8 Å². The first kappa shape index (κ1) is 11.7. The van der Waals surface area contributed by atoms with Gasteiger partial charge in [-0.1, -0.05) is 0 Å². The molecule has 72 valence electrons. The Labute approximate surface area is 77.2 Å². The molecule has 0 radical (unpaired) electrons. The highest BCUT2D eigenvalue weighted by Crippen LogP contribution is 1.88. The van der Waals surface area contributed by atoms with Crippen LogP contribution in [0.2, 0.25) is 0 Å². The van der Waals surface area contributed by atoms with E-state index in [1.54, 1.807) is 14.2 Å². The smallest absolute Gasteiger partial charge is 0.235 e. The van der Waals surface area contributed by atoms with Crippen molar-refractivity contribution in [3.05, 3.63) is 0 Å². The van der Waals surface area contributed by atoms with Gasteiger partial charge in [0.2, 0.25) is 5.91 Å². The molecule has 0 bridgehead atoms. The minimum absolute atomic E-state index is 0.0244. The number of alkyl halides is 1. The summed E-state index contributed by atoms with van der Waals surface area (Å²) in [4.78, 5) is 10.7. The van der Waals surface area contributed by atoms with E-state index in [1.807, 2.05) is 0 Å². The number of methoxy groups -OCH3 is 2. The van der Waals surface area contributed by atoms with Crippen LogP contribution < -0.4 is 5.32 Å². The highest BCUT2D eigenvalue weighted by Gasteiger charge is 2.07. The van der Waals surface area contributed by atoms with Crippen molar-refractivity contribution in [2.24, 2.45) is 0 Å². The first-order valence-corrected chi connectivity index (χ1v) is 4.12. The first-order chi connectivity index (χ1) is 5.74. The highest BCUT2D eigenvalue weighted by atomic mass is 35.5. The maximum absolute atomic E-state index is 10.7. The second kappa shape index (κ2) is 7.34. The molecule has 0 saturated heterocycles. The van der Waals surface area contributed by atoms with E-state index >= 15 is 0 Å². The van der Waals surface area contributed by atoms with Gasteiger partial charge in [-0.2, -0.15) is 0 Å². The second-order valence-corrected chi connectivity index (χ2v) is 2.52. The number of hydrogen-bond donors (Lipinski definition) is 1. The van der Waals surface area contributed by atoms with Crippen LogP contribution in [-0.2, 0) is 14.3 Å². The third-order valence-corrected chi connectivity index (χ3v) is 1.58. The van der Waals surface area contributed by atoms with Gasteiger partial charge in [0.05, 0.1) is 12.7 Å². The van der Waals surface area contributed by atoms with Crippen LogP contribution in [0, 0.1) is 0 Å². The molecule has 1 N–H and O–H groups in total. The third kappa shape index (κ3) is 5.35. The fourth-order valence-electron chi connectivity index (χ4n) is 0.671. The molecule has 0 aliphatic rings. The Hall–Kier alpha value is -0.320. The normalized spacial score (nSPS) is 12.6. The van der Waals surface area contributed by atoms with E-state index in [0.717, 1.165) is 0 Å². The summed E-state index contributed by atoms with van der Waals surface area (Å²) in [6, 6.07) is 0. The summed E-state index contributed by atoms with van der Waals surface area (Å²) in [5.41, 5.74) is 0. The topological polar surface area (TPSA) is 47.6 Å². The molecule has 12 heavy (non-hydrogen) atoms. The minimum Gasteiger partial charge on any atom is -0.382 e. The SMILES string of the molecule is COCC(CNC(=O)CCl)OC. The van der Waals surface area contributed by atoms with Crippen LogP contribution in [0.5, 0.6) is 0 Å². The Morgan fingerprint density at radius 1 is 1.58 bits per heavy atom. The third-order valence-electron chi connectivity index (χ3n) is 1.33. The van der Waals surface area contributed by atoms with Crippen molar-refractivity contribution in [3.63, 3.8) is 0 Å². The Morgan fingerprint density at radius 2 is 2.25 bits per heavy atom. The molecule has 0 aliphatic heterocycles. The number of amides is 1. The molecule has 0 heterocycles. The van der Waals surface area contributed by atoms with Gasteiger partial charge >= 0.3 is 0 Å². The van der Waals surface area contributed by atoms with Gasteiger partial charge in [0, 0.05) is 20.8 Å². The van der Waals surface area contributed by atoms with Crippen molar-refractivity contribution in [3.8, 4) is 0 Å². The van der Waals surface area contributed by atoms with E-state index in [2.05, 4.69) is 5.32 Å². The Bertz CT molecular complexity index is 132. The molecule has 1 amide bonds. The van der Waals surface area contributed by atoms with E-state index in [0.29, 0.717) is 13.2 Å². The number of halogens is 1. The second-order valence-electron chi connectivity index (χ2n) is 2.25. The molecule has 0 saturated carbocycles. The summed E-state index contributed by atoms with van der Waals surface area (Å²) in [7, 11) is 3.14. The lowest BCUT2D eigenvalue weighted by Gasteiger charge is -2.14. The zero-order chi connectivity index (χ0) is 9.40. The van der Waals surface area contributed by atoms with Crippen molar-refractivity contribution >= 4 is 17.5 Å². The molecule has 0 fully saturated rings. The predicted molar refractivity (Wildman–Crippen MR) is 46.4 cm³/mol. The number of hydrogen-bond acceptors (Lipinski definition) is 3. The number of carbonyl (C=O) groups is 1. The quantitative estimate of drug-likeness (QED) is 0.608. The van der Waals surface area contributed by atoms with Crippen molar-refractivity contribution in [1.82, 2.24) is 5.32 Å². The zero-order valence-corrected chi connectivity index (χ0v) is 8.06. The lowest BCUT2D eigenvalue weighted by atomic mass is 10.3. The molecule has 0 spiro atoms. The standard InChI is InChI=1S/C7H14ClNO3/c1-11-5-6(12-2)4-9-7(10)3-8/h6H,3-5H2,1-2H3,(H,9,10). The van der Waals surface area contributed by atoms with E-state index in [9.17, 15) is 4.79 Å². The van der Waals surface area contributed by atoms with Crippen LogP contribution in [0.3, 0.4) is 0 Å². The lowest BCUT2D eigenvalue weighted by Crippen LogP contribution is -2.36. The average molecular weight is 196 g/mol. The Morgan fingerprint density at radius 3 is 2.67 bits per heavy atom. The molecular weight excluding hydrogens is 182 g/mol. The minimum atomic E-state index is -0.199. The average Bonchev–Trinajstić information content (AvgIpc) is 2.11. The predicted octanol–water partition coefficient (Wildman–Crippen LogP) is 0.00280. The van der Waals surface area contributed by atoms with Gasteiger partial charge in [-0.25, -0.2) is 0 Å². The van der Waals surface area contributed by atoms with E-state index in [-0.39, 0.29) is 17.9 Å². The molecule has 0 aromatic rings. The van der Waals surface area contributed by atoms with E-state index < -0.39 is 0 Å². The van der Waals surface area contributed by atoms with Gasteiger partial charge in [-0.15, -0.1) is 11.6 Å². The first-order valence-electron chi connectivity index (χ1n) is 3.59. The largest absolute Gasteiger partial charge is 0.382 e. The molecule has 5 heteroatoms. The van der Waals surface area contributed by atoms with E-state index in [1.165, 1.54) is 0 Å². The van der Waals surface area contributed by atoms with Crippen LogP contribution in [0.1, 0.15) is 0 Å². The number of nitrogens with one attached hydrogen (secondary N) is 1. The van der Waals surface area contributed by atoms with Crippen LogP contribution in [0.25, 0.3) is 0 Å². The number of carbonyl (C=O) groups excluding carboxylic acids is 1. The number of ether oxygens (including phenoxy) is 2. The van der Waals surface area contributed by atoms with Crippen molar-refractivity contribution < 1.29 is 14.3 Å². The van der Waals surface area contributed by atoms with Crippen LogP contribution in [0.4, 0.5) is 0 Å². The van der Waals surface area contributed by atoms with Gasteiger partial charge in [0.15, 0.2) is 0 Å². The summed E-state index contributed by atoms with van der Waals surface area (Å²) in [5, 5.41) is 2.59. The summed E-state index contributed by atoms with van der Waals surface area (Å²) in [6.45, 7) is 0.884. The van der Waals surface area contributed by atoms with Crippen molar-refractivity contribution in [2.45, 2.75) is 6.10 Å². The van der Waals surface area contributed by atoms with Crippen molar-refractivity contribution in [2.75, 3.05) is 33.3 Å².